The second-order valence-electron chi connectivity index (χ2n) is 4.12. The molecule has 0 unspecified atom stereocenters. The topological polar surface area (TPSA) is 45.9 Å². The van der Waals surface area contributed by atoms with Gasteiger partial charge in [0, 0.05) is 12.3 Å². The third kappa shape index (κ3) is 3.20. The molecule has 1 aromatic heterocycles. The SMILES string of the molecule is C/C=C/c1ccc(Oc2ccc(C#N)cn2)c(C)c1. The second kappa shape index (κ2) is 5.83. The molecule has 0 atom stereocenters. The molecule has 0 amide bonds. The molecule has 0 fully saturated rings. The van der Waals surface area contributed by atoms with Crippen LogP contribution in [0.5, 0.6) is 11.6 Å². The molecule has 0 saturated heterocycles. The Hall–Kier alpha value is -2.60. The Morgan fingerprint density at radius 2 is 2.11 bits per heavy atom. The zero-order chi connectivity index (χ0) is 13.7. The molecule has 0 bridgehead atoms. The van der Waals surface area contributed by atoms with Gasteiger partial charge < -0.3 is 4.74 Å². The third-order valence-corrected chi connectivity index (χ3v) is 2.64. The van der Waals surface area contributed by atoms with E-state index in [1.807, 2.05) is 44.2 Å². The van der Waals surface area contributed by atoms with Gasteiger partial charge in [-0.3, -0.25) is 0 Å². The molecular weight excluding hydrogens is 236 g/mol. The van der Waals surface area contributed by atoms with Crippen LogP contribution in [-0.4, -0.2) is 4.98 Å². The second-order valence-corrected chi connectivity index (χ2v) is 4.12. The van der Waals surface area contributed by atoms with Crippen molar-refractivity contribution < 1.29 is 4.74 Å². The van der Waals surface area contributed by atoms with Crippen LogP contribution < -0.4 is 4.74 Å². The molecule has 94 valence electrons. The van der Waals surface area contributed by atoms with Crippen LogP contribution in [0.4, 0.5) is 0 Å². The summed E-state index contributed by atoms with van der Waals surface area (Å²) in [6, 6.07) is 11.4. The number of allylic oxidation sites excluding steroid dienone is 1. The highest BCUT2D eigenvalue weighted by molar-refractivity contribution is 5.53. The maximum atomic E-state index is 8.71. The Morgan fingerprint density at radius 3 is 2.68 bits per heavy atom. The first kappa shape index (κ1) is 12.8. The number of aryl methyl sites for hydroxylation is 1. The summed E-state index contributed by atoms with van der Waals surface area (Å²) in [6.07, 6.45) is 5.53. The summed E-state index contributed by atoms with van der Waals surface area (Å²) in [5, 5.41) is 8.71. The Balaban J connectivity index is 2.21. The highest BCUT2D eigenvalue weighted by atomic mass is 16.5. The van der Waals surface area contributed by atoms with E-state index in [-0.39, 0.29) is 0 Å². The molecule has 3 nitrogen and oxygen atoms in total. The molecule has 19 heavy (non-hydrogen) atoms. The Morgan fingerprint density at radius 1 is 1.26 bits per heavy atom. The lowest BCUT2D eigenvalue weighted by Crippen LogP contribution is -1.91. The predicted molar refractivity (Wildman–Crippen MR) is 74.9 cm³/mol. The monoisotopic (exact) mass is 250 g/mol. The number of hydrogen-bond acceptors (Lipinski definition) is 3. The van der Waals surface area contributed by atoms with Gasteiger partial charge in [0.15, 0.2) is 0 Å². The van der Waals surface area contributed by atoms with Crippen LogP contribution in [0.1, 0.15) is 23.6 Å². The van der Waals surface area contributed by atoms with Crippen molar-refractivity contribution in [2.75, 3.05) is 0 Å². The number of aromatic nitrogens is 1. The van der Waals surface area contributed by atoms with Crippen molar-refractivity contribution in [3.63, 3.8) is 0 Å². The van der Waals surface area contributed by atoms with Crippen molar-refractivity contribution in [1.29, 1.82) is 5.26 Å². The molecule has 2 rings (SSSR count). The van der Waals surface area contributed by atoms with Crippen molar-refractivity contribution >= 4 is 6.08 Å². The maximum absolute atomic E-state index is 8.71. The van der Waals surface area contributed by atoms with Crippen LogP contribution >= 0.6 is 0 Å². The third-order valence-electron chi connectivity index (χ3n) is 2.64. The van der Waals surface area contributed by atoms with Gasteiger partial charge in [0.25, 0.3) is 0 Å². The Labute approximate surface area is 112 Å². The van der Waals surface area contributed by atoms with Crippen LogP contribution in [-0.2, 0) is 0 Å². The molecule has 0 aliphatic carbocycles. The lowest BCUT2D eigenvalue weighted by Gasteiger charge is -2.08. The fourth-order valence-electron chi connectivity index (χ4n) is 1.70. The summed E-state index contributed by atoms with van der Waals surface area (Å²) in [6.45, 7) is 3.98. The molecule has 0 aliphatic heterocycles. The largest absolute Gasteiger partial charge is 0.439 e. The van der Waals surface area contributed by atoms with Gasteiger partial charge in [0.2, 0.25) is 5.88 Å². The molecule has 3 heteroatoms. The highest BCUT2D eigenvalue weighted by Crippen LogP contribution is 2.24. The first-order chi connectivity index (χ1) is 9.22. The number of hydrogen-bond donors (Lipinski definition) is 0. The fourth-order valence-corrected chi connectivity index (χ4v) is 1.70. The van der Waals surface area contributed by atoms with Gasteiger partial charge in [-0.1, -0.05) is 18.2 Å². The minimum Gasteiger partial charge on any atom is -0.439 e. The molecule has 1 heterocycles. The molecular formula is C16H14N2O. The minimum atomic E-state index is 0.487. The minimum absolute atomic E-state index is 0.487. The van der Waals surface area contributed by atoms with Crippen LogP contribution in [0.15, 0.2) is 42.6 Å². The van der Waals surface area contributed by atoms with Crippen LogP contribution in [0.3, 0.4) is 0 Å². The van der Waals surface area contributed by atoms with Crippen LogP contribution in [0, 0.1) is 18.3 Å². The van der Waals surface area contributed by atoms with Crippen LogP contribution in [0.2, 0.25) is 0 Å². The Kier molecular flexibility index (Phi) is 3.94. The Bertz CT molecular complexity index is 637. The van der Waals surface area contributed by atoms with E-state index in [2.05, 4.69) is 11.1 Å². The highest BCUT2D eigenvalue weighted by Gasteiger charge is 2.03. The molecule has 0 saturated carbocycles. The average Bonchev–Trinajstić information content (AvgIpc) is 2.43. The lowest BCUT2D eigenvalue weighted by atomic mass is 10.1. The van der Waals surface area contributed by atoms with Gasteiger partial charge in [0.1, 0.15) is 11.8 Å². The molecule has 0 spiro atoms. The number of rotatable bonds is 3. The molecule has 0 radical (unpaired) electrons. The van der Waals surface area contributed by atoms with E-state index >= 15 is 0 Å². The van der Waals surface area contributed by atoms with E-state index < -0.39 is 0 Å². The summed E-state index contributed by atoms with van der Waals surface area (Å²) in [7, 11) is 0. The van der Waals surface area contributed by atoms with E-state index in [9.17, 15) is 0 Å². The van der Waals surface area contributed by atoms with E-state index in [1.54, 1.807) is 12.1 Å². The average molecular weight is 250 g/mol. The number of ether oxygens (including phenoxy) is 1. The van der Waals surface area contributed by atoms with Gasteiger partial charge in [-0.05, 0) is 43.2 Å². The van der Waals surface area contributed by atoms with Gasteiger partial charge in [-0.25, -0.2) is 4.98 Å². The van der Waals surface area contributed by atoms with Gasteiger partial charge in [-0.15, -0.1) is 0 Å². The summed E-state index contributed by atoms with van der Waals surface area (Å²) in [5.41, 5.74) is 2.70. The number of nitrogens with zero attached hydrogens (tertiary/aromatic N) is 2. The van der Waals surface area contributed by atoms with Gasteiger partial charge in [-0.2, -0.15) is 5.26 Å². The molecule has 0 N–H and O–H groups in total. The first-order valence-electron chi connectivity index (χ1n) is 6.00. The standard InChI is InChI=1S/C16H14N2O/c1-3-4-13-5-7-15(12(2)9-13)19-16-8-6-14(10-17)11-18-16/h3-9,11H,1-2H3/b4-3+. The normalized spacial score (nSPS) is 10.4. The first-order valence-corrected chi connectivity index (χ1v) is 6.00. The quantitative estimate of drug-likeness (QED) is 0.824. The zero-order valence-corrected chi connectivity index (χ0v) is 10.9. The van der Waals surface area contributed by atoms with E-state index in [0.717, 1.165) is 16.9 Å². The van der Waals surface area contributed by atoms with Crippen molar-refractivity contribution in [1.82, 2.24) is 4.98 Å². The van der Waals surface area contributed by atoms with E-state index in [0.29, 0.717) is 11.4 Å². The summed E-state index contributed by atoms with van der Waals surface area (Å²) < 4.78 is 5.70. The summed E-state index contributed by atoms with van der Waals surface area (Å²) in [5.74, 6) is 1.26. The molecule has 1 aromatic carbocycles. The number of pyridine rings is 1. The van der Waals surface area contributed by atoms with Crippen molar-refractivity contribution in [2.24, 2.45) is 0 Å². The number of benzene rings is 1. The van der Waals surface area contributed by atoms with E-state index in [1.165, 1.54) is 6.20 Å². The van der Waals surface area contributed by atoms with Crippen molar-refractivity contribution in [2.45, 2.75) is 13.8 Å². The van der Waals surface area contributed by atoms with E-state index in [4.69, 9.17) is 10.00 Å². The maximum Gasteiger partial charge on any atom is 0.219 e. The smallest absolute Gasteiger partial charge is 0.219 e. The molecule has 2 aromatic rings. The van der Waals surface area contributed by atoms with Crippen LogP contribution in [0.25, 0.3) is 6.08 Å². The number of nitriles is 1. The summed E-state index contributed by atoms with van der Waals surface area (Å²) in [4.78, 5) is 4.09. The fraction of sp³-hybridized carbons (Fsp3) is 0.125. The predicted octanol–water partition coefficient (Wildman–Crippen LogP) is 4.09. The molecule has 0 aliphatic rings. The zero-order valence-electron chi connectivity index (χ0n) is 10.9. The van der Waals surface area contributed by atoms with Crippen molar-refractivity contribution in [3.8, 4) is 17.7 Å². The van der Waals surface area contributed by atoms with Crippen molar-refractivity contribution in [3.05, 3.63) is 59.3 Å². The summed E-state index contributed by atoms with van der Waals surface area (Å²) >= 11 is 0. The van der Waals surface area contributed by atoms with Gasteiger partial charge >= 0.3 is 0 Å². The lowest BCUT2D eigenvalue weighted by molar-refractivity contribution is 0.459. The van der Waals surface area contributed by atoms with Gasteiger partial charge in [0.05, 0.1) is 5.56 Å².